The van der Waals surface area contributed by atoms with Gasteiger partial charge in [0.1, 0.15) is 0 Å². The summed E-state index contributed by atoms with van der Waals surface area (Å²) in [6.07, 6.45) is -2.77. The number of alkyl halides is 4. The number of aromatic nitrogens is 1. The van der Waals surface area contributed by atoms with Crippen molar-refractivity contribution in [1.82, 2.24) is 4.98 Å². The lowest BCUT2D eigenvalue weighted by atomic mass is 10.1. The predicted octanol–water partition coefficient (Wildman–Crippen LogP) is 2.03. The minimum atomic E-state index is -4.92. The number of hydrogen-bond donors (Lipinski definition) is 1. The molecule has 0 aliphatic heterocycles. The predicted molar refractivity (Wildman–Crippen MR) is 40.0 cm³/mol. The molecule has 0 spiro atoms. The standard InChI is InChI=1S/C7H5ClF3NO/c8-6(13,7(9,10)11)5-2-1-3-12-4-5/h1-4,13H. The Bertz CT molecular complexity index is 286. The van der Waals surface area contributed by atoms with Gasteiger partial charge in [0.05, 0.1) is 0 Å². The number of nitrogens with zero attached hydrogens (tertiary/aromatic N) is 1. The van der Waals surface area contributed by atoms with Gasteiger partial charge in [0.15, 0.2) is 0 Å². The quantitative estimate of drug-likeness (QED) is 0.721. The summed E-state index contributed by atoms with van der Waals surface area (Å²) in [5, 5.41) is 5.56. The highest BCUT2D eigenvalue weighted by Crippen LogP contribution is 2.41. The Balaban J connectivity index is 3.08. The highest BCUT2D eigenvalue weighted by molar-refractivity contribution is 6.23. The fourth-order valence-corrected chi connectivity index (χ4v) is 0.834. The van der Waals surface area contributed by atoms with E-state index in [9.17, 15) is 13.2 Å². The van der Waals surface area contributed by atoms with Crippen molar-refractivity contribution in [2.45, 2.75) is 11.2 Å². The average molecular weight is 212 g/mol. The van der Waals surface area contributed by atoms with Crippen LogP contribution in [0.3, 0.4) is 0 Å². The maximum absolute atomic E-state index is 12.1. The van der Waals surface area contributed by atoms with E-state index in [1.807, 2.05) is 0 Å². The third-order valence-corrected chi connectivity index (χ3v) is 1.85. The van der Waals surface area contributed by atoms with E-state index in [1.54, 1.807) is 0 Å². The third-order valence-electron chi connectivity index (χ3n) is 1.42. The van der Waals surface area contributed by atoms with Crippen molar-refractivity contribution in [2.75, 3.05) is 0 Å². The normalized spacial score (nSPS) is 16.7. The Morgan fingerprint density at radius 3 is 2.38 bits per heavy atom. The second-order valence-electron chi connectivity index (χ2n) is 2.36. The van der Waals surface area contributed by atoms with E-state index in [4.69, 9.17) is 16.7 Å². The summed E-state index contributed by atoms with van der Waals surface area (Å²) in [6.45, 7) is 0. The summed E-state index contributed by atoms with van der Waals surface area (Å²) in [5.41, 5.74) is -0.496. The fraction of sp³-hybridized carbons (Fsp3) is 0.286. The number of halogens is 4. The van der Waals surface area contributed by atoms with Crippen molar-refractivity contribution in [3.8, 4) is 0 Å². The molecule has 0 aliphatic rings. The first-order valence-electron chi connectivity index (χ1n) is 3.24. The van der Waals surface area contributed by atoms with Crippen LogP contribution in [0, 0.1) is 0 Å². The fourth-order valence-electron chi connectivity index (χ4n) is 0.722. The number of rotatable bonds is 1. The second kappa shape index (κ2) is 3.16. The Labute approximate surface area is 77.0 Å². The lowest BCUT2D eigenvalue weighted by Gasteiger charge is -2.23. The van der Waals surface area contributed by atoms with Crippen LogP contribution in [-0.4, -0.2) is 16.3 Å². The Morgan fingerprint density at radius 1 is 1.38 bits per heavy atom. The zero-order valence-corrected chi connectivity index (χ0v) is 6.97. The molecule has 0 aromatic carbocycles. The first kappa shape index (κ1) is 10.3. The van der Waals surface area contributed by atoms with Crippen LogP contribution in [0.15, 0.2) is 24.5 Å². The molecule has 0 saturated heterocycles. The maximum Gasteiger partial charge on any atom is 0.436 e. The highest BCUT2D eigenvalue weighted by Gasteiger charge is 2.54. The number of hydrogen-bond acceptors (Lipinski definition) is 2. The molecule has 0 fully saturated rings. The Morgan fingerprint density at radius 2 is 2.00 bits per heavy atom. The first-order chi connectivity index (χ1) is 5.86. The van der Waals surface area contributed by atoms with Crippen LogP contribution in [0.4, 0.5) is 13.2 Å². The van der Waals surface area contributed by atoms with E-state index in [0.29, 0.717) is 0 Å². The molecule has 6 heteroatoms. The van der Waals surface area contributed by atoms with Crippen molar-refractivity contribution < 1.29 is 18.3 Å². The molecule has 1 heterocycles. The van der Waals surface area contributed by atoms with Crippen molar-refractivity contribution in [1.29, 1.82) is 0 Å². The number of pyridine rings is 1. The van der Waals surface area contributed by atoms with Gasteiger partial charge < -0.3 is 5.11 Å². The van der Waals surface area contributed by atoms with Crippen molar-refractivity contribution >= 4 is 11.6 Å². The van der Waals surface area contributed by atoms with Gasteiger partial charge in [-0.05, 0) is 6.07 Å². The maximum atomic E-state index is 12.1. The summed E-state index contributed by atoms with van der Waals surface area (Å²) in [4.78, 5) is 3.42. The van der Waals surface area contributed by atoms with Gasteiger partial charge in [-0.3, -0.25) is 4.98 Å². The monoisotopic (exact) mass is 211 g/mol. The van der Waals surface area contributed by atoms with Gasteiger partial charge in [-0.25, -0.2) is 0 Å². The average Bonchev–Trinajstić information content (AvgIpc) is 2.04. The molecule has 72 valence electrons. The van der Waals surface area contributed by atoms with E-state index >= 15 is 0 Å². The Hall–Kier alpha value is -0.810. The third kappa shape index (κ3) is 1.92. The van der Waals surface area contributed by atoms with Crippen molar-refractivity contribution in [2.24, 2.45) is 0 Å². The summed E-state index contributed by atoms with van der Waals surface area (Å²) in [7, 11) is 0. The molecule has 1 rings (SSSR count). The van der Waals surface area contributed by atoms with Crippen LogP contribution in [0.5, 0.6) is 0 Å². The van der Waals surface area contributed by atoms with Gasteiger partial charge in [0, 0.05) is 18.0 Å². The van der Waals surface area contributed by atoms with Crippen LogP contribution >= 0.6 is 11.6 Å². The minimum Gasteiger partial charge on any atom is -0.364 e. The van der Waals surface area contributed by atoms with Crippen LogP contribution in [0.1, 0.15) is 5.56 Å². The minimum absolute atomic E-state index is 0.496. The molecule has 0 aliphatic carbocycles. The molecule has 1 aromatic heterocycles. The lowest BCUT2D eigenvalue weighted by Crippen LogP contribution is -2.36. The van der Waals surface area contributed by atoms with Gasteiger partial charge in [-0.15, -0.1) is 0 Å². The Kier molecular flexibility index (Phi) is 2.49. The van der Waals surface area contributed by atoms with E-state index in [1.165, 1.54) is 12.3 Å². The molecule has 13 heavy (non-hydrogen) atoms. The highest BCUT2D eigenvalue weighted by atomic mass is 35.5. The van der Waals surface area contributed by atoms with Gasteiger partial charge in [0.2, 0.25) is 0 Å². The molecule has 1 unspecified atom stereocenters. The SMILES string of the molecule is OC(Cl)(c1cccnc1)C(F)(F)F. The molecule has 0 radical (unpaired) electrons. The molecule has 0 amide bonds. The van der Waals surface area contributed by atoms with Crippen molar-refractivity contribution in [3.05, 3.63) is 30.1 Å². The molecule has 1 atom stereocenters. The molecule has 2 nitrogen and oxygen atoms in total. The lowest BCUT2D eigenvalue weighted by molar-refractivity contribution is -0.228. The van der Waals surface area contributed by atoms with Crippen molar-refractivity contribution in [3.63, 3.8) is 0 Å². The van der Waals surface area contributed by atoms with Crippen LogP contribution in [0.25, 0.3) is 0 Å². The second-order valence-corrected chi connectivity index (χ2v) is 2.91. The molecular formula is C7H5ClF3NO. The number of aliphatic hydroxyl groups is 1. The van der Waals surface area contributed by atoms with E-state index in [2.05, 4.69) is 4.98 Å². The first-order valence-corrected chi connectivity index (χ1v) is 3.62. The van der Waals surface area contributed by atoms with Gasteiger partial charge >= 0.3 is 6.18 Å². The van der Waals surface area contributed by atoms with Gasteiger partial charge in [-0.2, -0.15) is 13.2 Å². The zero-order valence-electron chi connectivity index (χ0n) is 6.22. The molecule has 0 bridgehead atoms. The molecule has 1 aromatic rings. The van der Waals surface area contributed by atoms with Gasteiger partial charge in [0.25, 0.3) is 5.06 Å². The van der Waals surface area contributed by atoms with Gasteiger partial charge in [-0.1, -0.05) is 17.7 Å². The van der Waals surface area contributed by atoms with Crippen LogP contribution in [0.2, 0.25) is 0 Å². The molecule has 0 saturated carbocycles. The zero-order chi connectivity index (χ0) is 10.1. The summed E-state index contributed by atoms with van der Waals surface area (Å²) < 4.78 is 36.3. The largest absolute Gasteiger partial charge is 0.436 e. The van der Waals surface area contributed by atoms with Crippen LogP contribution in [-0.2, 0) is 5.06 Å². The van der Waals surface area contributed by atoms with E-state index < -0.39 is 16.8 Å². The topological polar surface area (TPSA) is 33.1 Å². The molecule has 1 N–H and O–H groups in total. The van der Waals surface area contributed by atoms with E-state index in [0.717, 1.165) is 12.3 Å². The van der Waals surface area contributed by atoms with Crippen LogP contribution < -0.4 is 0 Å². The van der Waals surface area contributed by atoms with E-state index in [-0.39, 0.29) is 0 Å². The summed E-state index contributed by atoms with van der Waals surface area (Å²) >= 11 is 4.93. The summed E-state index contributed by atoms with van der Waals surface area (Å²) in [5.74, 6) is 0. The summed E-state index contributed by atoms with van der Waals surface area (Å²) in [6, 6.07) is 2.31. The smallest absolute Gasteiger partial charge is 0.364 e. The molecular weight excluding hydrogens is 207 g/mol.